The summed E-state index contributed by atoms with van der Waals surface area (Å²) in [5.74, 6) is -3.38. The molecule has 2 aromatic carbocycles. The van der Waals surface area contributed by atoms with Crippen LogP contribution in [0.15, 0.2) is 48.5 Å². The smallest absolute Gasteiger partial charge is 0.416 e. The average molecular weight is 369 g/mol. The summed E-state index contributed by atoms with van der Waals surface area (Å²) in [5.41, 5.74) is 3.94. The molecule has 0 aliphatic rings. The molecule has 2 aromatic rings. The van der Waals surface area contributed by atoms with Crippen molar-refractivity contribution in [2.75, 3.05) is 0 Å². The van der Waals surface area contributed by atoms with Gasteiger partial charge in [0, 0.05) is 12.5 Å². The highest BCUT2D eigenvalue weighted by atomic mass is 19.4. The van der Waals surface area contributed by atoms with E-state index in [0.717, 1.165) is 13.0 Å². The number of alkyl halides is 3. The molecule has 6 nitrogen and oxygen atoms in total. The molecular weight excluding hydrogens is 355 g/mol. The number of amides is 1. The van der Waals surface area contributed by atoms with Crippen LogP contribution in [0.2, 0.25) is 0 Å². The van der Waals surface area contributed by atoms with Crippen molar-refractivity contribution in [1.29, 1.82) is 0 Å². The van der Waals surface area contributed by atoms with Gasteiger partial charge in [-0.2, -0.15) is 13.2 Å². The highest BCUT2D eigenvalue weighted by Gasteiger charge is 2.32. The fraction of sp³-hybridized carbons (Fsp3) is 0.118. The summed E-state index contributed by atoms with van der Waals surface area (Å²) in [6.07, 6.45) is -4.63. The molecule has 1 amide bonds. The maximum absolute atomic E-state index is 12.4. The molecule has 0 aliphatic carbocycles. The van der Waals surface area contributed by atoms with Crippen LogP contribution in [-0.4, -0.2) is 23.0 Å². The fourth-order valence-corrected chi connectivity index (χ4v) is 1.72. The summed E-state index contributed by atoms with van der Waals surface area (Å²) in [5, 5.41) is 8.70. The van der Waals surface area contributed by atoms with E-state index >= 15 is 0 Å². The SMILES string of the molecule is CC(=O)Oc1cc(C(F)(F)F)ccc1C(=O)O.NC(=O)c1ccccc1. The Balaban J connectivity index is 0.000000314. The number of carbonyl (C=O) groups is 3. The molecule has 0 bridgehead atoms. The Morgan fingerprint density at radius 3 is 2.00 bits per heavy atom. The van der Waals surface area contributed by atoms with Crippen LogP contribution in [0.3, 0.4) is 0 Å². The number of rotatable bonds is 3. The van der Waals surface area contributed by atoms with Gasteiger partial charge in [0.25, 0.3) is 0 Å². The van der Waals surface area contributed by atoms with Crippen molar-refractivity contribution >= 4 is 17.8 Å². The minimum absolute atomic E-state index is 0.379. The first-order valence-corrected chi connectivity index (χ1v) is 7.00. The topological polar surface area (TPSA) is 107 Å². The number of benzene rings is 2. The Morgan fingerprint density at radius 1 is 1.04 bits per heavy atom. The van der Waals surface area contributed by atoms with E-state index in [9.17, 15) is 27.6 Å². The lowest BCUT2D eigenvalue weighted by Gasteiger charge is -2.10. The van der Waals surface area contributed by atoms with E-state index in [1.165, 1.54) is 0 Å². The standard InChI is InChI=1S/C10H7F3O4.C7H7NO/c1-5(14)17-8-4-6(10(11,12)13)2-3-7(8)9(15)16;8-7(9)6-4-2-1-3-5-6/h2-4H,1H3,(H,15,16);1-5H,(H2,8,9). The lowest BCUT2D eigenvalue weighted by atomic mass is 10.1. The third-order valence-electron chi connectivity index (χ3n) is 2.85. The molecule has 0 fully saturated rings. The van der Waals surface area contributed by atoms with Crippen molar-refractivity contribution in [3.63, 3.8) is 0 Å². The van der Waals surface area contributed by atoms with Gasteiger partial charge in [-0.25, -0.2) is 4.79 Å². The van der Waals surface area contributed by atoms with E-state index in [1.807, 2.05) is 6.07 Å². The Kier molecular flexibility index (Phi) is 6.88. The molecule has 0 aromatic heterocycles. The summed E-state index contributed by atoms with van der Waals surface area (Å²) < 4.78 is 41.5. The Bertz CT molecular complexity index is 804. The van der Waals surface area contributed by atoms with E-state index in [1.54, 1.807) is 24.3 Å². The quantitative estimate of drug-likeness (QED) is 0.639. The van der Waals surface area contributed by atoms with Crippen LogP contribution in [0.1, 0.15) is 33.2 Å². The third-order valence-corrected chi connectivity index (χ3v) is 2.85. The van der Waals surface area contributed by atoms with Crippen LogP contribution in [0, 0.1) is 0 Å². The number of hydrogen-bond donors (Lipinski definition) is 2. The lowest BCUT2D eigenvalue weighted by Crippen LogP contribution is -2.11. The Morgan fingerprint density at radius 2 is 1.62 bits per heavy atom. The molecule has 26 heavy (non-hydrogen) atoms. The molecule has 0 saturated heterocycles. The second-order valence-corrected chi connectivity index (χ2v) is 4.84. The van der Waals surface area contributed by atoms with Crippen LogP contribution in [-0.2, 0) is 11.0 Å². The molecule has 0 radical (unpaired) electrons. The van der Waals surface area contributed by atoms with Gasteiger partial charge in [0.2, 0.25) is 5.91 Å². The maximum atomic E-state index is 12.4. The van der Waals surface area contributed by atoms with Gasteiger partial charge in [0.1, 0.15) is 11.3 Å². The molecule has 3 N–H and O–H groups in total. The van der Waals surface area contributed by atoms with Crippen molar-refractivity contribution in [2.24, 2.45) is 5.73 Å². The normalized spacial score (nSPS) is 10.3. The fourth-order valence-electron chi connectivity index (χ4n) is 1.72. The van der Waals surface area contributed by atoms with Crippen molar-refractivity contribution < 1.29 is 37.4 Å². The summed E-state index contributed by atoms with van der Waals surface area (Å²) >= 11 is 0. The van der Waals surface area contributed by atoms with Gasteiger partial charge < -0.3 is 15.6 Å². The van der Waals surface area contributed by atoms with Gasteiger partial charge in [-0.15, -0.1) is 0 Å². The van der Waals surface area contributed by atoms with Gasteiger partial charge in [0.15, 0.2) is 0 Å². The number of aromatic carboxylic acids is 1. The zero-order valence-electron chi connectivity index (χ0n) is 13.4. The lowest BCUT2D eigenvalue weighted by molar-refractivity contribution is -0.138. The molecular formula is C17H14F3NO5. The second kappa shape index (κ2) is 8.65. The highest BCUT2D eigenvalue weighted by Crippen LogP contribution is 2.33. The number of carboxylic acid groups (broad SMARTS) is 1. The molecule has 0 atom stereocenters. The van der Waals surface area contributed by atoms with Gasteiger partial charge >= 0.3 is 18.1 Å². The number of ether oxygens (including phenoxy) is 1. The summed E-state index contributed by atoms with van der Waals surface area (Å²) in [6.45, 7) is 0.964. The number of hydrogen-bond acceptors (Lipinski definition) is 4. The van der Waals surface area contributed by atoms with Crippen molar-refractivity contribution in [1.82, 2.24) is 0 Å². The first-order valence-electron chi connectivity index (χ1n) is 7.00. The monoisotopic (exact) mass is 369 g/mol. The first-order chi connectivity index (χ1) is 12.0. The van der Waals surface area contributed by atoms with Crippen LogP contribution < -0.4 is 10.5 Å². The molecule has 0 unspecified atom stereocenters. The van der Waals surface area contributed by atoms with E-state index in [2.05, 4.69) is 4.74 Å². The number of primary amides is 1. The van der Waals surface area contributed by atoms with Crippen molar-refractivity contribution in [3.8, 4) is 5.75 Å². The number of carboxylic acids is 1. The van der Waals surface area contributed by atoms with Crippen LogP contribution >= 0.6 is 0 Å². The van der Waals surface area contributed by atoms with E-state index in [4.69, 9.17) is 10.8 Å². The van der Waals surface area contributed by atoms with Gasteiger partial charge in [0.05, 0.1) is 5.56 Å². The minimum atomic E-state index is -4.63. The second-order valence-electron chi connectivity index (χ2n) is 4.84. The van der Waals surface area contributed by atoms with Gasteiger partial charge in [-0.3, -0.25) is 9.59 Å². The van der Waals surface area contributed by atoms with Crippen LogP contribution in [0.4, 0.5) is 13.2 Å². The van der Waals surface area contributed by atoms with Crippen LogP contribution in [0.5, 0.6) is 5.75 Å². The number of carbonyl (C=O) groups excluding carboxylic acids is 2. The molecule has 0 saturated carbocycles. The summed E-state index contributed by atoms with van der Waals surface area (Å²) in [4.78, 5) is 31.8. The zero-order valence-corrected chi connectivity index (χ0v) is 13.4. The third kappa shape index (κ3) is 6.27. The molecule has 0 heterocycles. The largest absolute Gasteiger partial charge is 0.478 e. The summed E-state index contributed by atoms with van der Waals surface area (Å²) in [7, 11) is 0. The molecule has 9 heteroatoms. The average Bonchev–Trinajstić information content (AvgIpc) is 2.54. The minimum Gasteiger partial charge on any atom is -0.478 e. The first kappa shape index (κ1) is 20.7. The predicted molar refractivity (Wildman–Crippen MR) is 84.7 cm³/mol. The van der Waals surface area contributed by atoms with E-state index in [-0.39, 0.29) is 5.91 Å². The van der Waals surface area contributed by atoms with Crippen LogP contribution in [0.25, 0.3) is 0 Å². The van der Waals surface area contributed by atoms with E-state index < -0.39 is 35.0 Å². The number of halogens is 3. The van der Waals surface area contributed by atoms with Crippen molar-refractivity contribution in [2.45, 2.75) is 13.1 Å². The summed E-state index contributed by atoms with van der Waals surface area (Å²) in [6, 6.07) is 10.6. The van der Waals surface area contributed by atoms with Crippen molar-refractivity contribution in [3.05, 3.63) is 65.2 Å². The predicted octanol–water partition coefficient (Wildman–Crippen LogP) is 3.11. The van der Waals surface area contributed by atoms with Gasteiger partial charge in [-0.1, -0.05) is 18.2 Å². The zero-order chi connectivity index (χ0) is 19.9. The highest BCUT2D eigenvalue weighted by molar-refractivity contribution is 5.92. The maximum Gasteiger partial charge on any atom is 0.416 e. The number of nitrogens with two attached hydrogens (primary N) is 1. The molecule has 0 spiro atoms. The Labute approximate surface area is 146 Å². The molecule has 138 valence electrons. The molecule has 2 rings (SSSR count). The van der Waals surface area contributed by atoms with Gasteiger partial charge in [-0.05, 0) is 30.3 Å². The number of esters is 1. The van der Waals surface area contributed by atoms with E-state index in [0.29, 0.717) is 17.7 Å². The Hall–Kier alpha value is -3.36. The molecule has 0 aliphatic heterocycles.